The molecule has 210 valence electrons. The maximum Gasteiger partial charge on any atom is 0.338 e. The van der Waals surface area contributed by atoms with Gasteiger partial charge in [-0.25, -0.2) is 9.79 Å². The fourth-order valence-electron chi connectivity index (χ4n) is 4.27. The summed E-state index contributed by atoms with van der Waals surface area (Å²) in [6.45, 7) is 7.23. The number of ether oxygens (including phenoxy) is 3. The van der Waals surface area contributed by atoms with E-state index in [1.165, 1.54) is 29.9 Å². The number of nitro benzene ring substituents is 1. The van der Waals surface area contributed by atoms with Gasteiger partial charge in [-0.1, -0.05) is 17.4 Å². The summed E-state index contributed by atoms with van der Waals surface area (Å²) in [5, 5.41) is 21.9. The van der Waals surface area contributed by atoms with Crippen LogP contribution >= 0.6 is 27.3 Å². The first kappa shape index (κ1) is 29.0. The zero-order chi connectivity index (χ0) is 29.3. The van der Waals surface area contributed by atoms with Crippen molar-refractivity contribution in [2.24, 2.45) is 4.99 Å². The second-order valence-corrected chi connectivity index (χ2v) is 10.9. The molecule has 1 atom stereocenters. The highest BCUT2D eigenvalue weighted by molar-refractivity contribution is 9.10. The lowest BCUT2D eigenvalue weighted by atomic mass is 9.95. The van der Waals surface area contributed by atoms with E-state index in [4.69, 9.17) is 14.2 Å². The number of nitrogens with zero attached hydrogens (tertiary/aromatic N) is 3. The average molecular weight is 632 g/mol. The van der Waals surface area contributed by atoms with Crippen LogP contribution in [-0.4, -0.2) is 40.4 Å². The van der Waals surface area contributed by atoms with Crippen LogP contribution in [0.1, 0.15) is 44.9 Å². The molecular weight excluding hydrogens is 606 g/mol. The van der Waals surface area contributed by atoms with Crippen molar-refractivity contribution in [1.29, 1.82) is 0 Å². The Balaban J connectivity index is 1.98. The van der Waals surface area contributed by atoms with Gasteiger partial charge in [0.2, 0.25) is 0 Å². The van der Waals surface area contributed by atoms with Crippen molar-refractivity contribution in [2.45, 2.75) is 39.8 Å². The number of hydrogen-bond donors (Lipinski definition) is 1. The standard InChI is InChI=1S/C27H26BrN3O8S/c1-6-38-26(34)22-14(4)29-27-30(23(22)15-7-8-19(39-13(2)3)20(10-15)37-5)25(33)21(40-27)11-16-9-17(31(35)36)12-18(28)24(16)32/h7-13,23,32H,6H2,1-5H3/b21-11+/t23-/m0/s1. The Morgan fingerprint density at radius 3 is 2.65 bits per heavy atom. The Hall–Kier alpha value is -3.97. The molecule has 2 aromatic carbocycles. The first-order chi connectivity index (χ1) is 19.0. The van der Waals surface area contributed by atoms with Gasteiger partial charge in [0, 0.05) is 17.7 Å². The number of carbonyl (C=O) groups excluding carboxylic acids is 1. The molecule has 11 nitrogen and oxygen atoms in total. The lowest BCUT2D eigenvalue weighted by molar-refractivity contribution is -0.385. The Morgan fingerprint density at radius 1 is 1.30 bits per heavy atom. The van der Waals surface area contributed by atoms with Crippen LogP contribution < -0.4 is 24.4 Å². The molecule has 1 aliphatic heterocycles. The van der Waals surface area contributed by atoms with E-state index >= 15 is 0 Å². The lowest BCUT2D eigenvalue weighted by Gasteiger charge is -2.25. The number of hydrogen-bond acceptors (Lipinski definition) is 10. The lowest BCUT2D eigenvalue weighted by Crippen LogP contribution is -2.40. The number of benzene rings is 2. The maximum atomic E-state index is 13.8. The van der Waals surface area contributed by atoms with Crippen LogP contribution in [0.25, 0.3) is 6.08 Å². The molecule has 2 heterocycles. The molecule has 0 saturated carbocycles. The number of phenolic OH excluding ortho intramolecular Hbond substituents is 1. The van der Waals surface area contributed by atoms with Crippen LogP contribution in [0.15, 0.2) is 55.9 Å². The van der Waals surface area contributed by atoms with Crippen molar-refractivity contribution in [3.63, 3.8) is 0 Å². The van der Waals surface area contributed by atoms with Gasteiger partial charge >= 0.3 is 5.97 Å². The summed E-state index contributed by atoms with van der Waals surface area (Å²) >= 11 is 4.15. The average Bonchev–Trinajstić information content (AvgIpc) is 3.19. The van der Waals surface area contributed by atoms with Gasteiger partial charge in [-0.05, 0) is 67.4 Å². The van der Waals surface area contributed by atoms with E-state index in [1.54, 1.807) is 32.0 Å². The number of carbonyl (C=O) groups is 1. The molecule has 0 saturated heterocycles. The smallest absolute Gasteiger partial charge is 0.338 e. The van der Waals surface area contributed by atoms with E-state index in [-0.39, 0.29) is 44.3 Å². The Kier molecular flexibility index (Phi) is 8.45. The van der Waals surface area contributed by atoms with E-state index in [0.717, 1.165) is 11.3 Å². The SMILES string of the molecule is CCOC(=O)C1=C(C)N=c2s/c(=C/c3cc([N+](=O)[O-])cc(Br)c3O)c(=O)n2[C@H]1c1ccc(OC(C)C)c(OC)c1. The van der Waals surface area contributed by atoms with E-state index in [2.05, 4.69) is 20.9 Å². The number of rotatable bonds is 8. The molecule has 40 heavy (non-hydrogen) atoms. The van der Waals surface area contributed by atoms with Crippen molar-refractivity contribution in [1.82, 2.24) is 4.57 Å². The Morgan fingerprint density at radius 2 is 2.02 bits per heavy atom. The van der Waals surface area contributed by atoms with Crippen molar-refractivity contribution >= 4 is 45.0 Å². The number of methoxy groups -OCH3 is 1. The zero-order valence-electron chi connectivity index (χ0n) is 22.3. The van der Waals surface area contributed by atoms with Crippen LogP contribution in [0.5, 0.6) is 17.2 Å². The minimum atomic E-state index is -0.912. The summed E-state index contributed by atoms with van der Waals surface area (Å²) < 4.78 is 18.3. The summed E-state index contributed by atoms with van der Waals surface area (Å²) in [6, 6.07) is 6.57. The molecule has 0 unspecified atom stereocenters. The second kappa shape index (κ2) is 11.6. The number of phenols is 1. The van der Waals surface area contributed by atoms with Gasteiger partial charge in [0.15, 0.2) is 16.3 Å². The zero-order valence-corrected chi connectivity index (χ0v) is 24.7. The third kappa shape index (κ3) is 5.52. The first-order valence-corrected chi connectivity index (χ1v) is 13.8. The Labute approximate surface area is 240 Å². The molecule has 0 amide bonds. The number of aromatic nitrogens is 1. The van der Waals surface area contributed by atoms with Gasteiger partial charge in [-0.15, -0.1) is 0 Å². The third-order valence-electron chi connectivity index (χ3n) is 5.96. The number of halogens is 1. The largest absolute Gasteiger partial charge is 0.506 e. The normalized spacial score (nSPS) is 15.1. The molecule has 0 radical (unpaired) electrons. The van der Waals surface area contributed by atoms with Gasteiger partial charge in [-0.2, -0.15) is 0 Å². The highest BCUT2D eigenvalue weighted by Gasteiger charge is 2.34. The number of aromatic hydroxyl groups is 1. The number of nitro groups is 1. The van der Waals surface area contributed by atoms with Crippen LogP contribution in [0.4, 0.5) is 5.69 Å². The number of thiazole rings is 1. The number of non-ortho nitro benzene ring substituents is 1. The van der Waals surface area contributed by atoms with E-state index in [9.17, 15) is 24.8 Å². The van der Waals surface area contributed by atoms with E-state index < -0.39 is 22.5 Å². The van der Waals surface area contributed by atoms with E-state index in [1.807, 2.05) is 13.8 Å². The summed E-state index contributed by atoms with van der Waals surface area (Å²) in [5.74, 6) is 0.0305. The van der Waals surface area contributed by atoms with Crippen LogP contribution in [0.2, 0.25) is 0 Å². The summed E-state index contributed by atoms with van der Waals surface area (Å²) in [5.41, 5.74) is 0.407. The van der Waals surface area contributed by atoms with Crippen LogP contribution in [0.3, 0.4) is 0 Å². The van der Waals surface area contributed by atoms with Gasteiger partial charge in [-0.3, -0.25) is 19.5 Å². The minimum Gasteiger partial charge on any atom is -0.506 e. The predicted octanol–water partition coefficient (Wildman–Crippen LogP) is 3.97. The van der Waals surface area contributed by atoms with Gasteiger partial charge in [0.25, 0.3) is 11.2 Å². The highest BCUT2D eigenvalue weighted by Crippen LogP contribution is 2.37. The molecule has 13 heteroatoms. The van der Waals surface area contributed by atoms with Gasteiger partial charge in [0.1, 0.15) is 5.75 Å². The third-order valence-corrected chi connectivity index (χ3v) is 7.55. The summed E-state index contributed by atoms with van der Waals surface area (Å²) in [7, 11) is 1.49. The maximum absolute atomic E-state index is 13.8. The molecule has 4 rings (SSSR count). The number of fused-ring (bicyclic) bond motifs is 1. The van der Waals surface area contributed by atoms with Crippen LogP contribution in [0, 0.1) is 10.1 Å². The van der Waals surface area contributed by atoms with Crippen LogP contribution in [-0.2, 0) is 9.53 Å². The van der Waals surface area contributed by atoms with Crippen molar-refractivity contribution in [3.05, 3.63) is 87.0 Å². The van der Waals surface area contributed by atoms with E-state index in [0.29, 0.717) is 27.6 Å². The molecule has 1 N–H and O–H groups in total. The fourth-order valence-corrected chi connectivity index (χ4v) is 5.78. The molecule has 0 bridgehead atoms. The number of allylic oxidation sites excluding steroid dienone is 1. The topological polar surface area (TPSA) is 142 Å². The quantitative estimate of drug-likeness (QED) is 0.223. The van der Waals surface area contributed by atoms with Crippen molar-refractivity contribution in [3.8, 4) is 17.2 Å². The molecule has 0 spiro atoms. The monoisotopic (exact) mass is 631 g/mol. The first-order valence-electron chi connectivity index (χ1n) is 12.2. The highest BCUT2D eigenvalue weighted by atomic mass is 79.9. The molecule has 0 fully saturated rings. The molecule has 3 aromatic rings. The summed E-state index contributed by atoms with van der Waals surface area (Å²) in [6.07, 6.45) is 1.25. The number of esters is 1. The predicted molar refractivity (Wildman–Crippen MR) is 152 cm³/mol. The van der Waals surface area contributed by atoms with Crippen molar-refractivity contribution < 1.29 is 29.0 Å². The van der Waals surface area contributed by atoms with Gasteiger partial charge < -0.3 is 19.3 Å². The molecular formula is C27H26BrN3O8S. The molecule has 0 aliphatic carbocycles. The second-order valence-electron chi connectivity index (χ2n) is 9.00. The fraction of sp³-hybridized carbons (Fsp3) is 0.296. The Bertz CT molecular complexity index is 1720. The minimum absolute atomic E-state index is 0.0704. The summed E-state index contributed by atoms with van der Waals surface area (Å²) in [4.78, 5) is 42.6. The van der Waals surface area contributed by atoms with Crippen molar-refractivity contribution in [2.75, 3.05) is 13.7 Å². The molecule has 1 aromatic heterocycles. The molecule has 1 aliphatic rings. The van der Waals surface area contributed by atoms with Gasteiger partial charge in [0.05, 0.1) is 51.1 Å².